The molecule has 2 aromatic rings. The lowest BCUT2D eigenvalue weighted by Crippen LogP contribution is -2.17. The van der Waals surface area contributed by atoms with E-state index in [0.717, 1.165) is 6.54 Å². The van der Waals surface area contributed by atoms with Gasteiger partial charge in [0.1, 0.15) is 0 Å². The van der Waals surface area contributed by atoms with E-state index in [1.807, 2.05) is 11.9 Å². The van der Waals surface area contributed by atoms with Gasteiger partial charge in [-0.05, 0) is 29.4 Å². The van der Waals surface area contributed by atoms with Gasteiger partial charge in [0.25, 0.3) is 0 Å². The summed E-state index contributed by atoms with van der Waals surface area (Å²) in [6.07, 6.45) is 0. The number of nitrogens with zero attached hydrogens (tertiary/aromatic N) is 2. The summed E-state index contributed by atoms with van der Waals surface area (Å²) < 4.78 is 1.32. The first kappa shape index (κ1) is 10.2. The Kier molecular flexibility index (Phi) is 3.00. The fourth-order valence-electron chi connectivity index (χ4n) is 1.62. The van der Waals surface area contributed by atoms with Crippen molar-refractivity contribution < 1.29 is 0 Å². The zero-order valence-electron chi connectivity index (χ0n) is 8.60. The first-order chi connectivity index (χ1) is 7.31. The van der Waals surface area contributed by atoms with E-state index in [9.17, 15) is 0 Å². The zero-order chi connectivity index (χ0) is 10.7. The predicted molar refractivity (Wildman–Crippen MR) is 63.8 cm³/mol. The summed E-state index contributed by atoms with van der Waals surface area (Å²) >= 11 is 1.76. The van der Waals surface area contributed by atoms with Crippen LogP contribution in [0.2, 0.25) is 0 Å². The van der Waals surface area contributed by atoms with E-state index in [1.165, 1.54) is 15.6 Å². The molecule has 2 nitrogen and oxygen atoms in total. The summed E-state index contributed by atoms with van der Waals surface area (Å²) in [5, 5.41) is 12.1. The van der Waals surface area contributed by atoms with E-state index in [-0.39, 0.29) is 0 Å². The van der Waals surface area contributed by atoms with E-state index in [0.29, 0.717) is 6.54 Å². The third-order valence-electron chi connectivity index (χ3n) is 2.34. The summed E-state index contributed by atoms with van der Waals surface area (Å²) in [6, 6.07) is 10.5. The summed E-state index contributed by atoms with van der Waals surface area (Å²) in [5.74, 6) is 0. The molecule has 1 aromatic heterocycles. The molecule has 0 spiro atoms. The number of benzene rings is 1. The van der Waals surface area contributed by atoms with Crippen LogP contribution in [0.25, 0.3) is 10.1 Å². The van der Waals surface area contributed by atoms with E-state index in [1.54, 1.807) is 11.3 Å². The number of fused-ring (bicyclic) bond motifs is 1. The van der Waals surface area contributed by atoms with Gasteiger partial charge in [-0.2, -0.15) is 5.26 Å². The highest BCUT2D eigenvalue weighted by molar-refractivity contribution is 7.17. The van der Waals surface area contributed by atoms with Crippen molar-refractivity contribution in [1.29, 1.82) is 5.26 Å². The standard InChI is InChI=1S/C12H12N2S/c1-14(7-6-13)8-10-9-15-12-5-3-2-4-11(10)12/h2-5,9H,7-8H2,1H3. The molecular formula is C12H12N2S. The average Bonchev–Trinajstić information content (AvgIpc) is 2.62. The van der Waals surface area contributed by atoms with E-state index >= 15 is 0 Å². The zero-order valence-corrected chi connectivity index (χ0v) is 9.42. The molecular weight excluding hydrogens is 204 g/mol. The second kappa shape index (κ2) is 4.43. The van der Waals surface area contributed by atoms with Gasteiger partial charge in [0.2, 0.25) is 0 Å². The van der Waals surface area contributed by atoms with Crippen molar-refractivity contribution in [3.05, 3.63) is 35.2 Å². The van der Waals surface area contributed by atoms with Crippen LogP contribution in [0.3, 0.4) is 0 Å². The van der Waals surface area contributed by atoms with Crippen LogP contribution >= 0.6 is 11.3 Å². The van der Waals surface area contributed by atoms with Gasteiger partial charge in [0.15, 0.2) is 0 Å². The van der Waals surface area contributed by atoms with Crippen molar-refractivity contribution in [3.8, 4) is 6.07 Å². The van der Waals surface area contributed by atoms with E-state index in [4.69, 9.17) is 5.26 Å². The molecule has 0 atom stereocenters. The highest BCUT2D eigenvalue weighted by atomic mass is 32.1. The van der Waals surface area contributed by atoms with Crippen molar-refractivity contribution in [2.75, 3.05) is 13.6 Å². The van der Waals surface area contributed by atoms with Gasteiger partial charge in [-0.25, -0.2) is 0 Å². The van der Waals surface area contributed by atoms with Crippen LogP contribution in [0.1, 0.15) is 5.56 Å². The van der Waals surface area contributed by atoms with Gasteiger partial charge < -0.3 is 0 Å². The third-order valence-corrected chi connectivity index (χ3v) is 3.35. The van der Waals surface area contributed by atoms with Gasteiger partial charge in [0, 0.05) is 11.2 Å². The predicted octanol–water partition coefficient (Wildman–Crippen LogP) is 2.86. The lowest BCUT2D eigenvalue weighted by Gasteiger charge is -2.11. The Morgan fingerprint density at radius 2 is 2.20 bits per heavy atom. The molecule has 0 fully saturated rings. The molecule has 0 bridgehead atoms. The maximum Gasteiger partial charge on any atom is 0.0866 e. The van der Waals surface area contributed by atoms with Crippen LogP contribution in [-0.2, 0) is 6.54 Å². The average molecular weight is 216 g/mol. The Morgan fingerprint density at radius 3 is 3.00 bits per heavy atom. The fraction of sp³-hybridized carbons (Fsp3) is 0.250. The Balaban J connectivity index is 2.25. The van der Waals surface area contributed by atoms with E-state index in [2.05, 4.69) is 35.7 Å². The van der Waals surface area contributed by atoms with Crippen molar-refractivity contribution in [2.45, 2.75) is 6.54 Å². The van der Waals surface area contributed by atoms with Crippen molar-refractivity contribution in [1.82, 2.24) is 4.90 Å². The Labute approximate surface area is 93.4 Å². The molecule has 0 amide bonds. The third kappa shape index (κ3) is 2.17. The molecule has 0 saturated carbocycles. The largest absolute Gasteiger partial charge is 0.289 e. The Hall–Kier alpha value is -1.37. The molecule has 0 radical (unpaired) electrons. The number of rotatable bonds is 3. The van der Waals surface area contributed by atoms with Crippen LogP contribution in [0, 0.1) is 11.3 Å². The van der Waals surface area contributed by atoms with Crippen molar-refractivity contribution in [3.63, 3.8) is 0 Å². The van der Waals surface area contributed by atoms with Crippen molar-refractivity contribution >= 4 is 21.4 Å². The summed E-state index contributed by atoms with van der Waals surface area (Å²) in [5.41, 5.74) is 1.31. The molecule has 0 N–H and O–H groups in total. The minimum absolute atomic E-state index is 0.476. The summed E-state index contributed by atoms with van der Waals surface area (Å²) in [4.78, 5) is 2.02. The molecule has 15 heavy (non-hydrogen) atoms. The van der Waals surface area contributed by atoms with Crippen LogP contribution in [0.5, 0.6) is 0 Å². The second-order valence-corrected chi connectivity index (χ2v) is 4.50. The fourth-order valence-corrected chi connectivity index (χ4v) is 2.58. The smallest absolute Gasteiger partial charge is 0.0866 e. The van der Waals surface area contributed by atoms with Gasteiger partial charge in [-0.1, -0.05) is 18.2 Å². The molecule has 0 saturated heterocycles. The lowest BCUT2D eigenvalue weighted by atomic mass is 10.2. The van der Waals surface area contributed by atoms with Gasteiger partial charge in [-0.15, -0.1) is 11.3 Å². The molecule has 3 heteroatoms. The maximum absolute atomic E-state index is 8.59. The van der Waals surface area contributed by atoms with Crippen LogP contribution in [-0.4, -0.2) is 18.5 Å². The van der Waals surface area contributed by atoms with Gasteiger partial charge in [-0.3, -0.25) is 4.90 Å². The summed E-state index contributed by atoms with van der Waals surface area (Å²) in [7, 11) is 1.97. The van der Waals surface area contributed by atoms with Crippen LogP contribution in [0.15, 0.2) is 29.6 Å². The number of thiophene rings is 1. The van der Waals surface area contributed by atoms with Crippen LogP contribution in [0.4, 0.5) is 0 Å². The van der Waals surface area contributed by atoms with Crippen LogP contribution < -0.4 is 0 Å². The van der Waals surface area contributed by atoms with Crippen molar-refractivity contribution in [2.24, 2.45) is 0 Å². The SMILES string of the molecule is CN(CC#N)Cc1csc2ccccc12. The Morgan fingerprint density at radius 1 is 1.40 bits per heavy atom. The highest BCUT2D eigenvalue weighted by Crippen LogP contribution is 2.26. The summed E-state index contributed by atoms with van der Waals surface area (Å²) in [6.45, 7) is 1.32. The van der Waals surface area contributed by atoms with E-state index < -0.39 is 0 Å². The molecule has 0 aliphatic rings. The minimum Gasteiger partial charge on any atom is -0.289 e. The molecule has 1 heterocycles. The molecule has 1 aromatic carbocycles. The molecule has 2 rings (SSSR count). The molecule has 0 aliphatic carbocycles. The molecule has 0 aliphatic heterocycles. The molecule has 76 valence electrons. The Bertz CT molecular complexity index is 496. The minimum atomic E-state index is 0.476. The molecule has 0 unspecified atom stereocenters. The topological polar surface area (TPSA) is 27.0 Å². The van der Waals surface area contributed by atoms with Gasteiger partial charge in [0.05, 0.1) is 12.6 Å². The highest BCUT2D eigenvalue weighted by Gasteiger charge is 2.05. The second-order valence-electron chi connectivity index (χ2n) is 3.59. The maximum atomic E-state index is 8.59. The lowest BCUT2D eigenvalue weighted by molar-refractivity contribution is 0.369. The number of hydrogen-bond donors (Lipinski definition) is 0. The first-order valence-corrected chi connectivity index (χ1v) is 5.70. The number of nitriles is 1. The quantitative estimate of drug-likeness (QED) is 0.738. The number of hydrogen-bond acceptors (Lipinski definition) is 3. The first-order valence-electron chi connectivity index (χ1n) is 4.82. The normalized spacial score (nSPS) is 10.7. The van der Waals surface area contributed by atoms with Gasteiger partial charge >= 0.3 is 0 Å². The monoisotopic (exact) mass is 216 g/mol.